The molecule has 0 aliphatic heterocycles. The Kier molecular flexibility index (Phi) is 9.17. The monoisotopic (exact) mass is 433 g/mol. The van der Waals surface area contributed by atoms with Crippen LogP contribution in [-0.2, 0) is 23.2 Å². The molecule has 0 bridgehead atoms. The quantitative estimate of drug-likeness (QED) is 0.429. The Labute approximate surface area is 174 Å². The largest absolute Gasteiger partial charge is 0.463 e. The van der Waals surface area contributed by atoms with E-state index >= 15 is 0 Å². The first-order chi connectivity index (χ1) is 12.2. The molecule has 0 spiro atoms. The SMILES string of the molecule is CC(=O)NC(COC(C)=O)(CO[Si](C)(C)C(C)(C)C)CO[Si](C)(C)C(C)(C)C. The van der Waals surface area contributed by atoms with Gasteiger partial charge in [0.1, 0.15) is 12.1 Å². The molecule has 0 aliphatic carbocycles. The van der Waals surface area contributed by atoms with Gasteiger partial charge >= 0.3 is 5.97 Å². The third kappa shape index (κ3) is 8.35. The standard InChI is InChI=1S/C20H43NO5Si2/c1-16(22)21-20(13-24-17(2)23,14-25-27(9,10)18(3,4)5)15-26-28(11,12)19(6,7)8/h13-15H2,1-12H3,(H,21,22). The fraction of sp³-hybridized carbons (Fsp3) is 0.900. The maximum absolute atomic E-state index is 12.0. The smallest absolute Gasteiger partial charge is 0.302 e. The molecule has 28 heavy (non-hydrogen) atoms. The Balaban J connectivity index is 5.74. The lowest BCUT2D eigenvalue weighted by Crippen LogP contribution is -2.62. The van der Waals surface area contributed by atoms with Crippen LogP contribution >= 0.6 is 0 Å². The van der Waals surface area contributed by atoms with Gasteiger partial charge in [-0.3, -0.25) is 9.59 Å². The van der Waals surface area contributed by atoms with Gasteiger partial charge in [-0.25, -0.2) is 0 Å². The van der Waals surface area contributed by atoms with Crippen molar-refractivity contribution >= 4 is 28.5 Å². The zero-order chi connectivity index (χ0) is 22.6. The summed E-state index contributed by atoms with van der Waals surface area (Å²) in [4.78, 5) is 23.5. The number of amides is 1. The van der Waals surface area contributed by atoms with Crippen LogP contribution in [0.15, 0.2) is 0 Å². The maximum Gasteiger partial charge on any atom is 0.302 e. The van der Waals surface area contributed by atoms with E-state index in [-0.39, 0.29) is 35.8 Å². The Hall–Kier alpha value is -0.706. The van der Waals surface area contributed by atoms with Gasteiger partial charge in [-0.2, -0.15) is 0 Å². The van der Waals surface area contributed by atoms with E-state index in [2.05, 4.69) is 73.0 Å². The number of ether oxygens (including phenoxy) is 1. The van der Waals surface area contributed by atoms with Crippen molar-refractivity contribution in [1.29, 1.82) is 0 Å². The van der Waals surface area contributed by atoms with Gasteiger partial charge in [0, 0.05) is 13.8 Å². The number of carbonyl (C=O) groups excluding carboxylic acids is 2. The lowest BCUT2D eigenvalue weighted by Gasteiger charge is -2.43. The second-order valence-corrected chi connectivity index (χ2v) is 20.5. The molecule has 0 aromatic heterocycles. The molecule has 0 saturated heterocycles. The van der Waals surface area contributed by atoms with Crippen molar-refractivity contribution in [3.63, 3.8) is 0 Å². The van der Waals surface area contributed by atoms with Gasteiger partial charge in [0.05, 0.1) is 13.2 Å². The van der Waals surface area contributed by atoms with Crippen LogP contribution in [0.25, 0.3) is 0 Å². The van der Waals surface area contributed by atoms with Gasteiger partial charge in [0.2, 0.25) is 5.91 Å². The fourth-order valence-corrected chi connectivity index (χ4v) is 4.06. The van der Waals surface area contributed by atoms with Gasteiger partial charge < -0.3 is 18.9 Å². The Morgan fingerprint density at radius 1 is 0.750 bits per heavy atom. The highest BCUT2D eigenvalue weighted by atomic mass is 28.4. The van der Waals surface area contributed by atoms with Crippen LogP contribution in [0.3, 0.4) is 0 Å². The minimum Gasteiger partial charge on any atom is -0.463 e. The summed E-state index contributed by atoms with van der Waals surface area (Å²) in [6.45, 7) is 24.9. The summed E-state index contributed by atoms with van der Waals surface area (Å²) < 4.78 is 18.2. The molecule has 0 atom stereocenters. The highest BCUT2D eigenvalue weighted by Gasteiger charge is 2.44. The van der Waals surface area contributed by atoms with E-state index in [4.69, 9.17) is 13.6 Å². The summed E-state index contributed by atoms with van der Waals surface area (Å²) in [5, 5.41) is 3.02. The molecule has 8 heteroatoms. The summed E-state index contributed by atoms with van der Waals surface area (Å²) in [7, 11) is -4.14. The summed E-state index contributed by atoms with van der Waals surface area (Å²) in [5.74, 6) is -0.598. The Bertz CT molecular complexity index is 518. The maximum atomic E-state index is 12.0. The molecule has 0 aromatic carbocycles. The molecule has 0 saturated carbocycles. The number of hydrogen-bond acceptors (Lipinski definition) is 5. The first-order valence-electron chi connectivity index (χ1n) is 9.95. The van der Waals surface area contributed by atoms with E-state index in [0.29, 0.717) is 0 Å². The molecular formula is C20H43NO5Si2. The number of carbonyl (C=O) groups is 2. The zero-order valence-corrected chi connectivity index (χ0v) is 22.2. The van der Waals surface area contributed by atoms with Crippen molar-refractivity contribution in [2.75, 3.05) is 19.8 Å². The molecular weight excluding hydrogens is 390 g/mol. The number of nitrogens with one attached hydrogen (secondary N) is 1. The van der Waals surface area contributed by atoms with Crippen LogP contribution < -0.4 is 5.32 Å². The van der Waals surface area contributed by atoms with E-state index in [1.54, 1.807) is 0 Å². The number of rotatable bonds is 9. The van der Waals surface area contributed by atoms with Gasteiger partial charge in [0.25, 0.3) is 0 Å². The fourth-order valence-electron chi connectivity index (χ4n) is 1.92. The van der Waals surface area contributed by atoms with Crippen molar-refractivity contribution in [3.05, 3.63) is 0 Å². The average molecular weight is 434 g/mol. The van der Waals surface area contributed by atoms with Crippen molar-refractivity contribution in [3.8, 4) is 0 Å². The van der Waals surface area contributed by atoms with E-state index in [9.17, 15) is 9.59 Å². The van der Waals surface area contributed by atoms with E-state index in [0.717, 1.165) is 0 Å². The summed E-state index contributed by atoms with van der Waals surface area (Å²) in [5.41, 5.74) is -0.914. The molecule has 0 unspecified atom stereocenters. The predicted molar refractivity (Wildman–Crippen MR) is 119 cm³/mol. The van der Waals surface area contributed by atoms with E-state index in [1.807, 2.05) is 0 Å². The zero-order valence-electron chi connectivity index (χ0n) is 20.2. The Morgan fingerprint density at radius 2 is 1.11 bits per heavy atom. The van der Waals surface area contributed by atoms with Crippen molar-refractivity contribution in [2.45, 2.75) is 97.2 Å². The predicted octanol–water partition coefficient (Wildman–Crippen LogP) is 4.47. The molecule has 0 radical (unpaired) electrons. The first kappa shape index (κ1) is 27.3. The van der Waals surface area contributed by atoms with Gasteiger partial charge in [-0.1, -0.05) is 41.5 Å². The summed E-state index contributed by atoms with van der Waals surface area (Å²) >= 11 is 0. The molecule has 0 aliphatic rings. The number of esters is 1. The lowest BCUT2D eigenvalue weighted by molar-refractivity contribution is -0.145. The van der Waals surface area contributed by atoms with Crippen molar-refractivity contribution in [1.82, 2.24) is 5.32 Å². The molecule has 166 valence electrons. The first-order valence-corrected chi connectivity index (χ1v) is 15.8. The van der Waals surface area contributed by atoms with Gasteiger partial charge in [-0.05, 0) is 36.3 Å². The third-order valence-corrected chi connectivity index (χ3v) is 15.0. The molecule has 0 rings (SSSR count). The van der Waals surface area contributed by atoms with Crippen LogP contribution in [0.2, 0.25) is 36.3 Å². The van der Waals surface area contributed by atoms with Crippen LogP contribution in [0.5, 0.6) is 0 Å². The van der Waals surface area contributed by atoms with Crippen LogP contribution in [0.1, 0.15) is 55.4 Å². The highest BCUT2D eigenvalue weighted by Crippen LogP contribution is 2.38. The van der Waals surface area contributed by atoms with Crippen molar-refractivity contribution in [2.24, 2.45) is 0 Å². The summed E-state index contributed by atoms with van der Waals surface area (Å²) in [6.07, 6.45) is 0. The van der Waals surface area contributed by atoms with Gasteiger partial charge in [0.15, 0.2) is 16.6 Å². The number of hydrogen-bond donors (Lipinski definition) is 1. The average Bonchev–Trinajstić information content (AvgIpc) is 2.46. The second-order valence-electron chi connectivity index (χ2n) is 10.8. The molecule has 0 fully saturated rings. The molecule has 1 N–H and O–H groups in total. The van der Waals surface area contributed by atoms with E-state index in [1.165, 1.54) is 13.8 Å². The van der Waals surface area contributed by atoms with Crippen LogP contribution in [0, 0.1) is 0 Å². The third-order valence-electron chi connectivity index (χ3n) is 6.02. The highest BCUT2D eigenvalue weighted by molar-refractivity contribution is 6.74. The minimum atomic E-state index is -2.07. The van der Waals surface area contributed by atoms with Crippen LogP contribution in [0.4, 0.5) is 0 Å². The van der Waals surface area contributed by atoms with Crippen molar-refractivity contribution < 1.29 is 23.2 Å². The second kappa shape index (κ2) is 9.40. The molecule has 0 aromatic rings. The lowest BCUT2D eigenvalue weighted by atomic mass is 10.0. The van der Waals surface area contributed by atoms with Crippen LogP contribution in [-0.4, -0.2) is 53.9 Å². The Morgan fingerprint density at radius 3 is 1.36 bits per heavy atom. The normalized spacial score (nSPS) is 14.0. The van der Waals surface area contributed by atoms with Gasteiger partial charge in [-0.15, -0.1) is 0 Å². The molecule has 1 amide bonds. The molecule has 6 nitrogen and oxygen atoms in total. The molecule has 0 heterocycles. The van der Waals surface area contributed by atoms with E-state index < -0.39 is 28.1 Å². The topological polar surface area (TPSA) is 73.9 Å². The minimum absolute atomic E-state index is 0.0190. The summed E-state index contributed by atoms with van der Waals surface area (Å²) in [6, 6.07) is 0.